The maximum Gasteiger partial charge on any atom is 0.311 e. The zero-order chi connectivity index (χ0) is 11.2. The SMILES string of the molecule is COC(=O)[C@@H]1C[C@H](C(C)(C)C)C[C@@H]2O[C@@H]21. The van der Waals surface area contributed by atoms with Crippen LogP contribution in [0, 0.1) is 17.3 Å². The Hall–Kier alpha value is -0.570. The van der Waals surface area contributed by atoms with Gasteiger partial charge in [0, 0.05) is 0 Å². The molecule has 1 heterocycles. The summed E-state index contributed by atoms with van der Waals surface area (Å²) in [5.74, 6) is 0.430. The average molecular weight is 212 g/mol. The molecule has 4 atom stereocenters. The molecule has 2 fully saturated rings. The van der Waals surface area contributed by atoms with E-state index in [4.69, 9.17) is 9.47 Å². The van der Waals surface area contributed by atoms with E-state index in [0.717, 1.165) is 12.8 Å². The third-order valence-electron chi connectivity index (χ3n) is 3.80. The average Bonchev–Trinajstić information content (AvgIpc) is 2.92. The normalized spacial score (nSPS) is 39.5. The van der Waals surface area contributed by atoms with Crippen molar-refractivity contribution >= 4 is 5.97 Å². The molecule has 0 spiro atoms. The van der Waals surface area contributed by atoms with Crippen LogP contribution >= 0.6 is 0 Å². The van der Waals surface area contributed by atoms with Crippen molar-refractivity contribution in [2.45, 2.75) is 45.8 Å². The molecular weight excluding hydrogens is 192 g/mol. The summed E-state index contributed by atoms with van der Waals surface area (Å²) < 4.78 is 10.4. The van der Waals surface area contributed by atoms with Crippen LogP contribution in [0.1, 0.15) is 33.6 Å². The van der Waals surface area contributed by atoms with Crippen LogP contribution in [0.4, 0.5) is 0 Å². The molecule has 86 valence electrons. The second-order valence-corrected chi connectivity index (χ2v) is 5.80. The predicted molar refractivity (Wildman–Crippen MR) is 56.3 cm³/mol. The number of rotatable bonds is 1. The Labute approximate surface area is 91.1 Å². The van der Waals surface area contributed by atoms with Crippen molar-refractivity contribution in [3.63, 3.8) is 0 Å². The molecule has 1 saturated carbocycles. The molecule has 3 heteroatoms. The van der Waals surface area contributed by atoms with Crippen molar-refractivity contribution in [2.24, 2.45) is 17.3 Å². The Morgan fingerprint density at radius 2 is 2.00 bits per heavy atom. The van der Waals surface area contributed by atoms with Crippen LogP contribution in [-0.2, 0) is 14.3 Å². The maximum absolute atomic E-state index is 11.6. The summed E-state index contributed by atoms with van der Waals surface area (Å²) in [4.78, 5) is 11.6. The van der Waals surface area contributed by atoms with E-state index >= 15 is 0 Å². The largest absolute Gasteiger partial charge is 0.469 e. The van der Waals surface area contributed by atoms with Gasteiger partial charge in [-0.05, 0) is 24.2 Å². The number of epoxide rings is 1. The minimum Gasteiger partial charge on any atom is -0.469 e. The molecule has 0 radical (unpaired) electrons. The van der Waals surface area contributed by atoms with Crippen molar-refractivity contribution < 1.29 is 14.3 Å². The monoisotopic (exact) mass is 212 g/mol. The lowest BCUT2D eigenvalue weighted by Crippen LogP contribution is -2.35. The topological polar surface area (TPSA) is 38.8 Å². The second-order valence-electron chi connectivity index (χ2n) is 5.80. The van der Waals surface area contributed by atoms with Gasteiger partial charge in [0.15, 0.2) is 0 Å². The van der Waals surface area contributed by atoms with Crippen molar-refractivity contribution in [3.05, 3.63) is 0 Å². The van der Waals surface area contributed by atoms with Crippen LogP contribution < -0.4 is 0 Å². The highest BCUT2D eigenvalue weighted by Crippen LogP contribution is 2.49. The van der Waals surface area contributed by atoms with Gasteiger partial charge in [0.25, 0.3) is 0 Å². The first-order valence-electron chi connectivity index (χ1n) is 5.66. The maximum atomic E-state index is 11.6. The molecule has 0 aromatic rings. The molecule has 2 rings (SSSR count). The lowest BCUT2D eigenvalue weighted by atomic mass is 9.69. The minimum absolute atomic E-state index is 0.0297. The van der Waals surface area contributed by atoms with E-state index in [-0.39, 0.29) is 23.4 Å². The van der Waals surface area contributed by atoms with Crippen molar-refractivity contribution in [1.82, 2.24) is 0 Å². The molecule has 3 nitrogen and oxygen atoms in total. The molecule has 2 aliphatic rings. The van der Waals surface area contributed by atoms with E-state index in [9.17, 15) is 4.79 Å². The Bertz CT molecular complexity index is 267. The van der Waals surface area contributed by atoms with Gasteiger partial charge in [-0.25, -0.2) is 0 Å². The summed E-state index contributed by atoms with van der Waals surface area (Å²) in [6.07, 6.45) is 2.47. The molecule has 1 saturated heterocycles. The third kappa shape index (κ3) is 2.03. The van der Waals surface area contributed by atoms with Crippen LogP contribution in [0.5, 0.6) is 0 Å². The second kappa shape index (κ2) is 3.48. The highest BCUT2D eigenvalue weighted by molar-refractivity contribution is 5.73. The molecule has 0 aromatic carbocycles. The third-order valence-corrected chi connectivity index (χ3v) is 3.80. The number of hydrogen-bond donors (Lipinski definition) is 0. The number of carbonyl (C=O) groups excluding carboxylic acids is 1. The zero-order valence-corrected chi connectivity index (χ0v) is 9.95. The summed E-state index contributed by atoms with van der Waals surface area (Å²) in [6, 6.07) is 0. The highest BCUT2D eigenvalue weighted by Gasteiger charge is 2.55. The molecule has 0 amide bonds. The van der Waals surface area contributed by atoms with Gasteiger partial charge in [-0.3, -0.25) is 4.79 Å². The summed E-state index contributed by atoms with van der Waals surface area (Å²) in [6.45, 7) is 6.69. The minimum atomic E-state index is -0.101. The van der Waals surface area contributed by atoms with Gasteiger partial charge >= 0.3 is 5.97 Å². The van der Waals surface area contributed by atoms with E-state index < -0.39 is 0 Å². The summed E-state index contributed by atoms with van der Waals surface area (Å²) in [5, 5.41) is 0. The number of hydrogen-bond acceptors (Lipinski definition) is 3. The zero-order valence-electron chi connectivity index (χ0n) is 9.95. The first-order chi connectivity index (χ1) is 6.93. The van der Waals surface area contributed by atoms with E-state index in [1.807, 2.05) is 0 Å². The molecular formula is C12H20O3. The van der Waals surface area contributed by atoms with Gasteiger partial charge in [-0.2, -0.15) is 0 Å². The van der Waals surface area contributed by atoms with Crippen molar-refractivity contribution in [1.29, 1.82) is 0 Å². The smallest absolute Gasteiger partial charge is 0.311 e. The first kappa shape index (κ1) is 10.9. The van der Waals surface area contributed by atoms with Crippen molar-refractivity contribution in [2.75, 3.05) is 7.11 Å². The van der Waals surface area contributed by atoms with E-state index in [1.165, 1.54) is 7.11 Å². The Morgan fingerprint density at radius 3 is 2.53 bits per heavy atom. The van der Waals surface area contributed by atoms with E-state index in [2.05, 4.69) is 20.8 Å². The fourth-order valence-electron chi connectivity index (χ4n) is 2.61. The lowest BCUT2D eigenvalue weighted by Gasteiger charge is -2.34. The van der Waals surface area contributed by atoms with Crippen LogP contribution in [0.2, 0.25) is 0 Å². The van der Waals surface area contributed by atoms with E-state index in [1.54, 1.807) is 0 Å². The van der Waals surface area contributed by atoms with E-state index in [0.29, 0.717) is 12.0 Å². The molecule has 0 bridgehead atoms. The molecule has 1 aliphatic carbocycles. The fourth-order valence-corrected chi connectivity index (χ4v) is 2.61. The van der Waals surface area contributed by atoms with Gasteiger partial charge in [-0.1, -0.05) is 20.8 Å². The van der Waals surface area contributed by atoms with Gasteiger partial charge in [-0.15, -0.1) is 0 Å². The molecule has 0 N–H and O–H groups in total. The fraction of sp³-hybridized carbons (Fsp3) is 0.917. The standard InChI is InChI=1S/C12H20O3/c1-12(2,3)7-5-8(11(13)14-4)10-9(6-7)15-10/h7-10H,5-6H2,1-4H3/t7-,8+,9-,10+/m0/s1. The summed E-state index contributed by atoms with van der Waals surface area (Å²) in [7, 11) is 1.46. The number of ether oxygens (including phenoxy) is 2. The number of methoxy groups -OCH3 is 1. The molecule has 15 heavy (non-hydrogen) atoms. The number of esters is 1. The van der Waals surface area contributed by atoms with Crippen LogP contribution in [0.15, 0.2) is 0 Å². The predicted octanol–water partition coefficient (Wildman–Crippen LogP) is 2.00. The first-order valence-corrected chi connectivity index (χ1v) is 5.66. The Kier molecular flexibility index (Phi) is 2.53. The van der Waals surface area contributed by atoms with Crippen LogP contribution in [0.3, 0.4) is 0 Å². The number of fused-ring (bicyclic) bond motifs is 1. The van der Waals surface area contributed by atoms with Gasteiger partial charge in [0.1, 0.15) is 0 Å². The van der Waals surface area contributed by atoms with Crippen LogP contribution in [-0.4, -0.2) is 25.3 Å². The molecule has 1 aliphatic heterocycles. The highest BCUT2D eigenvalue weighted by atomic mass is 16.6. The quantitative estimate of drug-likeness (QED) is 0.493. The van der Waals surface area contributed by atoms with Gasteiger partial charge in [0.2, 0.25) is 0 Å². The number of carbonyl (C=O) groups is 1. The Morgan fingerprint density at radius 1 is 1.33 bits per heavy atom. The summed E-state index contributed by atoms with van der Waals surface area (Å²) in [5.41, 5.74) is 0.253. The molecule has 0 aromatic heterocycles. The van der Waals surface area contributed by atoms with Crippen LogP contribution in [0.25, 0.3) is 0 Å². The van der Waals surface area contributed by atoms with Crippen molar-refractivity contribution in [3.8, 4) is 0 Å². The molecule has 0 unspecified atom stereocenters. The lowest BCUT2D eigenvalue weighted by molar-refractivity contribution is -0.147. The Balaban J connectivity index is 2.06. The van der Waals surface area contributed by atoms with Gasteiger partial charge in [0.05, 0.1) is 25.2 Å². The summed E-state index contributed by atoms with van der Waals surface area (Å²) >= 11 is 0. The van der Waals surface area contributed by atoms with Gasteiger partial charge < -0.3 is 9.47 Å².